The van der Waals surface area contributed by atoms with Gasteiger partial charge in [0.05, 0.1) is 16.4 Å². The van der Waals surface area contributed by atoms with E-state index in [1.165, 1.54) is 0 Å². The summed E-state index contributed by atoms with van der Waals surface area (Å²) in [6.45, 7) is 15.6. The maximum Gasteiger partial charge on any atom is 0 e. The van der Waals surface area contributed by atoms with Crippen molar-refractivity contribution < 1.29 is 53.0 Å². The first-order chi connectivity index (χ1) is 20.9. The van der Waals surface area contributed by atoms with Crippen molar-refractivity contribution in [2.75, 3.05) is 11.3 Å². The van der Waals surface area contributed by atoms with Gasteiger partial charge in [0, 0.05) is 69.3 Å². The van der Waals surface area contributed by atoms with Crippen LogP contribution in [0.2, 0.25) is 0 Å². The number of aromatic nitrogens is 2. The number of benzene rings is 1. The number of aliphatic carboxylic acids is 1. The summed E-state index contributed by atoms with van der Waals surface area (Å²) in [6, 6.07) is 17.7. The number of nitrogens with one attached hydrogen (secondary N) is 2. The van der Waals surface area contributed by atoms with Crippen molar-refractivity contribution in [1.82, 2.24) is 20.2 Å². The molecule has 1 aromatic carbocycles. The van der Waals surface area contributed by atoms with Crippen LogP contribution in [-0.4, -0.2) is 52.3 Å². The van der Waals surface area contributed by atoms with Crippen LogP contribution in [0.5, 0.6) is 0 Å². The molecule has 0 aliphatic carbocycles. The fourth-order valence-corrected chi connectivity index (χ4v) is 4.45. The third-order valence-electron chi connectivity index (χ3n) is 5.59. The predicted octanol–water partition coefficient (Wildman–Crippen LogP) is 3.35. The van der Waals surface area contributed by atoms with Crippen LogP contribution in [0, 0.1) is 20.0 Å². The van der Waals surface area contributed by atoms with Crippen molar-refractivity contribution in [2.45, 2.75) is 44.8 Å². The van der Waals surface area contributed by atoms with Gasteiger partial charge in [-0.3, -0.25) is 19.1 Å². The standard InChI is InChI=1S/C26H31N5O4S2.3CO.Re/c32-26(33)24(29-25(36)17-20-10-12-21(13-11-20)30-37(34)35)9-3-6-16-31(18-22-7-1-4-14-27-22)19-23-8-2-5-15-28-23;3*1-2;/h1-2,4-5,7-8,10-15,24,30H,3,6,9,16-19H2,(H,29,36)(H,32,33)(H,34,35);;;;/p-1. The summed E-state index contributed by atoms with van der Waals surface area (Å²) >= 11 is 3.00. The number of carboxylic acids is 1. The molecule has 2 heterocycles. The molecule has 233 valence electrons. The molecule has 2 aromatic heterocycles. The van der Waals surface area contributed by atoms with E-state index in [9.17, 15) is 18.7 Å². The average Bonchev–Trinajstić information content (AvgIpc) is 3.03. The minimum Gasteiger partial charge on any atom is 0 e. The van der Waals surface area contributed by atoms with Crippen molar-refractivity contribution in [3.05, 3.63) is 110 Å². The zero-order valence-corrected chi connectivity index (χ0v) is 27.7. The number of rotatable bonds is 15. The molecule has 3 N–H and O–H groups in total. The molecule has 12 nitrogen and oxygen atoms in total. The second-order valence-corrected chi connectivity index (χ2v) is 9.68. The summed E-state index contributed by atoms with van der Waals surface area (Å²) in [5.74, 6) is -0.946. The normalized spacial score (nSPS) is 10.7. The Bertz CT molecular complexity index is 1240. The van der Waals surface area contributed by atoms with Gasteiger partial charge in [-0.05, 0) is 67.8 Å². The molecule has 0 aliphatic rings. The van der Waals surface area contributed by atoms with E-state index < -0.39 is 23.3 Å². The van der Waals surface area contributed by atoms with Crippen LogP contribution >= 0.6 is 12.2 Å². The van der Waals surface area contributed by atoms with E-state index in [1.807, 2.05) is 36.4 Å². The van der Waals surface area contributed by atoms with Gasteiger partial charge in [0.2, 0.25) is 0 Å². The quantitative estimate of drug-likeness (QED) is 0.0680. The Morgan fingerprint density at radius 1 is 0.932 bits per heavy atom. The molecule has 0 saturated heterocycles. The molecular weight excluding hydrogens is 781 g/mol. The number of hydrogen-bond donors (Lipinski definition) is 3. The van der Waals surface area contributed by atoms with Crippen molar-refractivity contribution in [1.29, 1.82) is 0 Å². The number of thiocarbonyl (C=S) groups is 1. The number of pyridine rings is 2. The second kappa shape index (κ2) is 27.2. The SMILES string of the molecule is O=C(O)C(CCCCN(Cc1ccccn1)Cc1ccccn1)NC(=S)Cc1ccc(NS(=O)[O-])cc1.[C-]#[O+].[C-]#[O+].[C-]#[O+].[Re]. The van der Waals surface area contributed by atoms with Crippen LogP contribution in [-0.2, 0) is 70.0 Å². The smallest absolute Gasteiger partial charge is 0 e. The van der Waals surface area contributed by atoms with Crippen molar-refractivity contribution in [3.63, 3.8) is 0 Å². The van der Waals surface area contributed by atoms with Crippen LogP contribution < -0.4 is 10.0 Å². The summed E-state index contributed by atoms with van der Waals surface area (Å²) in [6.07, 6.45) is 5.88. The summed E-state index contributed by atoms with van der Waals surface area (Å²) in [5.41, 5.74) is 3.24. The molecule has 0 spiro atoms. The van der Waals surface area contributed by atoms with Gasteiger partial charge in [-0.1, -0.05) is 36.5 Å². The topological polar surface area (TPSA) is 190 Å². The minimum atomic E-state index is -2.39. The molecule has 0 fully saturated rings. The van der Waals surface area contributed by atoms with Gasteiger partial charge in [0.15, 0.2) is 0 Å². The van der Waals surface area contributed by atoms with E-state index in [-0.39, 0.29) is 20.4 Å². The first-order valence-electron chi connectivity index (χ1n) is 12.5. The van der Waals surface area contributed by atoms with Crippen LogP contribution in [0.15, 0.2) is 73.1 Å². The van der Waals surface area contributed by atoms with Crippen LogP contribution in [0.1, 0.15) is 36.2 Å². The number of anilines is 1. The molecule has 0 bridgehead atoms. The maximum atomic E-state index is 11.8. The van der Waals surface area contributed by atoms with Gasteiger partial charge in [-0.15, -0.1) is 0 Å². The van der Waals surface area contributed by atoms with Crippen molar-refractivity contribution in [3.8, 4) is 0 Å². The molecule has 2 unspecified atom stereocenters. The summed E-state index contributed by atoms with van der Waals surface area (Å²) in [7, 11) is 0. The number of carbonyl (C=O) groups is 1. The Morgan fingerprint density at radius 2 is 1.45 bits per heavy atom. The van der Waals surface area contributed by atoms with Gasteiger partial charge in [-0.25, -0.2) is 4.79 Å². The fourth-order valence-electron chi connectivity index (χ4n) is 3.81. The summed E-state index contributed by atoms with van der Waals surface area (Å²) in [5, 5.41) is 12.7. The Morgan fingerprint density at radius 3 is 1.89 bits per heavy atom. The van der Waals surface area contributed by atoms with E-state index in [0.717, 1.165) is 29.9 Å². The zero-order valence-electron chi connectivity index (χ0n) is 23.4. The molecule has 1 radical (unpaired) electrons. The third kappa shape index (κ3) is 19.0. The number of carboxylic acid groups (broad SMARTS) is 1. The van der Waals surface area contributed by atoms with Gasteiger partial charge in [0.25, 0.3) is 0 Å². The largest absolute Gasteiger partial charge is 0 e. The van der Waals surface area contributed by atoms with Gasteiger partial charge < -0.3 is 19.7 Å². The van der Waals surface area contributed by atoms with Crippen LogP contribution in [0.4, 0.5) is 5.69 Å². The number of nitrogens with zero attached hydrogens (tertiary/aromatic N) is 3. The maximum absolute atomic E-state index is 11.8. The van der Waals surface area contributed by atoms with Crippen molar-refractivity contribution in [2.24, 2.45) is 0 Å². The van der Waals surface area contributed by atoms with E-state index in [4.69, 9.17) is 26.2 Å². The molecule has 3 aromatic rings. The number of hydrogen-bond acceptors (Lipinski definition) is 7. The van der Waals surface area contributed by atoms with Gasteiger partial charge >= 0.3 is 39.9 Å². The monoisotopic (exact) mass is 811 g/mol. The van der Waals surface area contributed by atoms with E-state index >= 15 is 0 Å². The van der Waals surface area contributed by atoms with E-state index in [0.29, 0.717) is 43.0 Å². The summed E-state index contributed by atoms with van der Waals surface area (Å²) < 4.78 is 46.2. The fraction of sp³-hybridized carbons (Fsp3) is 0.276. The first-order valence-corrected chi connectivity index (χ1v) is 14.0. The van der Waals surface area contributed by atoms with Gasteiger partial charge in [0.1, 0.15) is 6.04 Å². The third-order valence-corrected chi connectivity index (χ3v) is 6.26. The first kappa shape index (κ1) is 42.8. The average molecular weight is 811 g/mol. The molecule has 3 rings (SSSR count). The molecule has 0 saturated carbocycles. The van der Waals surface area contributed by atoms with Crippen LogP contribution in [0.3, 0.4) is 0 Å². The molecule has 15 heteroatoms. The Hall–Kier alpha value is -3.37. The second-order valence-electron chi connectivity index (χ2n) is 8.52. The minimum absolute atomic E-state index is 0. The van der Waals surface area contributed by atoms with Gasteiger partial charge in [-0.2, -0.15) is 0 Å². The molecule has 0 aliphatic heterocycles. The molecule has 0 amide bonds. The Balaban J connectivity index is 0. The van der Waals surface area contributed by atoms with E-state index in [2.05, 4.69) is 44.9 Å². The van der Waals surface area contributed by atoms with Crippen LogP contribution in [0.25, 0.3) is 0 Å². The predicted molar refractivity (Wildman–Crippen MR) is 158 cm³/mol. The molecule has 2 atom stereocenters. The van der Waals surface area contributed by atoms with E-state index in [1.54, 1.807) is 36.7 Å². The number of unbranched alkanes of at least 4 members (excludes halogenated alkanes) is 1. The Labute approximate surface area is 278 Å². The molecular formula is C29H30N5O7ReS2-. The Kier molecular flexibility index (Phi) is 26.4. The zero-order chi connectivity index (χ0) is 32.5. The summed E-state index contributed by atoms with van der Waals surface area (Å²) in [4.78, 5) is 23.4. The van der Waals surface area contributed by atoms with Crippen molar-refractivity contribution >= 4 is 40.1 Å². The molecule has 44 heavy (non-hydrogen) atoms.